The fourth-order valence-corrected chi connectivity index (χ4v) is 7.59. The van der Waals surface area contributed by atoms with Crippen molar-refractivity contribution in [2.24, 2.45) is 4.99 Å². The Kier molecular flexibility index (Phi) is 9.08. The van der Waals surface area contributed by atoms with Crippen LogP contribution in [-0.2, 0) is 35.6 Å². The van der Waals surface area contributed by atoms with Crippen molar-refractivity contribution in [3.63, 3.8) is 0 Å². The molecule has 1 aromatic carbocycles. The first-order valence-electron chi connectivity index (χ1n) is 12.7. The van der Waals surface area contributed by atoms with Crippen LogP contribution in [0.5, 0.6) is 0 Å². The summed E-state index contributed by atoms with van der Waals surface area (Å²) in [5.41, 5.74) is 0.368. The number of nitrogens with zero attached hydrogens (tertiary/aromatic N) is 2. The summed E-state index contributed by atoms with van der Waals surface area (Å²) in [6.07, 6.45) is 0.540. The normalized spacial score (nSPS) is 21.1. The number of sulfonamides is 1. The SMILES string of the molecule is COC(=O)CCC1CCC2=C(C=N1)C(N(C)S(=O)(=O)c1cc(C(F)(F)F)cc(S(=O)(=O)C(C)(C)C)c1)CCC2. The number of halogens is 3. The Bertz CT molecular complexity index is 1380. The van der Waals surface area contributed by atoms with Crippen molar-refractivity contribution in [1.82, 2.24) is 4.31 Å². The van der Waals surface area contributed by atoms with Gasteiger partial charge in [-0.15, -0.1) is 0 Å². The number of aliphatic imine (C=N–C) groups is 1. The first-order chi connectivity index (χ1) is 17.9. The summed E-state index contributed by atoms with van der Waals surface area (Å²) >= 11 is 0. The van der Waals surface area contributed by atoms with Gasteiger partial charge in [0.2, 0.25) is 10.0 Å². The summed E-state index contributed by atoms with van der Waals surface area (Å²) in [5.74, 6) is -0.343. The predicted molar refractivity (Wildman–Crippen MR) is 141 cm³/mol. The molecular formula is C26H35F3N2O6S2. The van der Waals surface area contributed by atoms with Crippen LogP contribution in [0.2, 0.25) is 0 Å². The minimum Gasteiger partial charge on any atom is -0.469 e. The second-order valence-corrected chi connectivity index (χ2v) is 15.6. The van der Waals surface area contributed by atoms with Crippen molar-refractivity contribution in [3.05, 3.63) is 34.9 Å². The summed E-state index contributed by atoms with van der Waals surface area (Å²) < 4.78 is 99.0. The van der Waals surface area contributed by atoms with Crippen molar-refractivity contribution in [2.45, 2.75) is 98.5 Å². The van der Waals surface area contributed by atoms with Gasteiger partial charge in [-0.2, -0.15) is 17.5 Å². The molecule has 1 aromatic rings. The molecule has 1 heterocycles. The zero-order valence-corrected chi connectivity index (χ0v) is 24.3. The molecule has 0 bridgehead atoms. The molecule has 2 atom stereocenters. The molecule has 1 aliphatic heterocycles. The Hall–Kier alpha value is -2.25. The van der Waals surface area contributed by atoms with E-state index in [1.807, 2.05) is 0 Å². The maximum absolute atomic E-state index is 13.8. The van der Waals surface area contributed by atoms with Crippen molar-refractivity contribution >= 4 is 32.0 Å². The number of alkyl halides is 3. The highest BCUT2D eigenvalue weighted by atomic mass is 32.2. The summed E-state index contributed by atoms with van der Waals surface area (Å²) in [6, 6.07) is 0.942. The Morgan fingerprint density at radius 1 is 1.05 bits per heavy atom. The van der Waals surface area contributed by atoms with Crippen LogP contribution in [-0.4, -0.2) is 64.3 Å². The summed E-state index contributed by atoms with van der Waals surface area (Å²) in [6.45, 7) is 4.01. The van der Waals surface area contributed by atoms with Crippen LogP contribution in [0.1, 0.15) is 71.3 Å². The number of esters is 1. The number of likely N-dealkylation sites (N-methyl/N-ethyl adjacent to an activating group) is 1. The molecular weight excluding hydrogens is 557 g/mol. The molecule has 0 aromatic heterocycles. The summed E-state index contributed by atoms with van der Waals surface area (Å²) in [5, 5.41) is 0. The Morgan fingerprint density at radius 2 is 1.69 bits per heavy atom. The van der Waals surface area contributed by atoms with E-state index in [0.29, 0.717) is 49.8 Å². The number of carbonyl (C=O) groups is 1. The van der Waals surface area contributed by atoms with E-state index in [1.54, 1.807) is 6.21 Å². The van der Waals surface area contributed by atoms with Gasteiger partial charge >= 0.3 is 12.1 Å². The number of sulfone groups is 1. The zero-order valence-electron chi connectivity index (χ0n) is 22.7. The summed E-state index contributed by atoms with van der Waals surface area (Å²) in [4.78, 5) is 14.7. The molecule has 2 aliphatic rings. The van der Waals surface area contributed by atoms with E-state index >= 15 is 0 Å². The van der Waals surface area contributed by atoms with E-state index in [0.717, 1.165) is 22.4 Å². The van der Waals surface area contributed by atoms with E-state index in [2.05, 4.69) is 9.73 Å². The van der Waals surface area contributed by atoms with Crippen LogP contribution in [0.15, 0.2) is 44.1 Å². The second kappa shape index (κ2) is 11.3. The largest absolute Gasteiger partial charge is 0.469 e. The number of hydrogen-bond acceptors (Lipinski definition) is 7. The molecule has 0 saturated heterocycles. The third-order valence-electron chi connectivity index (χ3n) is 7.28. The number of methoxy groups -OCH3 is 1. The smallest absolute Gasteiger partial charge is 0.416 e. The van der Waals surface area contributed by atoms with Crippen LogP contribution in [0.25, 0.3) is 0 Å². The van der Waals surface area contributed by atoms with Crippen LogP contribution >= 0.6 is 0 Å². The molecule has 0 spiro atoms. The lowest BCUT2D eigenvalue weighted by atomic mass is 9.86. The number of hydrogen-bond donors (Lipinski definition) is 0. The first kappa shape index (κ1) is 31.3. The molecule has 2 unspecified atom stereocenters. The van der Waals surface area contributed by atoms with Gasteiger partial charge in [0.15, 0.2) is 9.84 Å². The maximum Gasteiger partial charge on any atom is 0.416 e. The van der Waals surface area contributed by atoms with Gasteiger partial charge in [0.1, 0.15) is 0 Å². The van der Waals surface area contributed by atoms with Crippen LogP contribution in [0, 0.1) is 0 Å². The van der Waals surface area contributed by atoms with Gasteiger partial charge in [-0.3, -0.25) is 9.79 Å². The molecule has 218 valence electrons. The number of rotatable bonds is 7. The van der Waals surface area contributed by atoms with Gasteiger partial charge in [-0.25, -0.2) is 16.8 Å². The number of allylic oxidation sites excluding steroid dienone is 1. The molecule has 8 nitrogen and oxygen atoms in total. The Labute approximate surface area is 228 Å². The van der Waals surface area contributed by atoms with Gasteiger partial charge in [0, 0.05) is 19.7 Å². The van der Waals surface area contributed by atoms with Crippen LogP contribution < -0.4 is 0 Å². The van der Waals surface area contributed by atoms with Crippen molar-refractivity contribution in [1.29, 1.82) is 0 Å². The van der Waals surface area contributed by atoms with Gasteiger partial charge in [0.05, 0.1) is 39.3 Å². The molecule has 3 rings (SSSR count). The van der Waals surface area contributed by atoms with Crippen molar-refractivity contribution in [2.75, 3.05) is 14.2 Å². The van der Waals surface area contributed by atoms with E-state index < -0.39 is 52.2 Å². The van der Waals surface area contributed by atoms with E-state index in [9.17, 15) is 34.8 Å². The average molecular weight is 593 g/mol. The molecule has 0 fully saturated rings. The minimum absolute atomic E-state index is 0.147. The first-order valence-corrected chi connectivity index (χ1v) is 15.6. The van der Waals surface area contributed by atoms with E-state index in [4.69, 9.17) is 0 Å². The lowest BCUT2D eigenvalue weighted by Gasteiger charge is -2.33. The molecule has 0 N–H and O–H groups in total. The quantitative estimate of drug-likeness (QED) is 0.415. The highest BCUT2D eigenvalue weighted by Crippen LogP contribution is 2.38. The van der Waals surface area contributed by atoms with Crippen molar-refractivity contribution in [3.8, 4) is 0 Å². The number of carbonyl (C=O) groups excluding carboxylic acids is 1. The fourth-order valence-electron chi connectivity index (χ4n) is 4.80. The lowest BCUT2D eigenvalue weighted by molar-refractivity contribution is -0.141. The monoisotopic (exact) mass is 592 g/mol. The highest BCUT2D eigenvalue weighted by Gasteiger charge is 2.40. The number of benzene rings is 1. The van der Waals surface area contributed by atoms with Gasteiger partial charge in [0.25, 0.3) is 0 Å². The van der Waals surface area contributed by atoms with Gasteiger partial charge in [-0.1, -0.05) is 5.57 Å². The third kappa shape index (κ3) is 6.74. The standard InChI is InChI=1S/C26H35F3N2O6S2/c1-25(2,3)38(33,34)20-13-18(26(27,28)29)14-21(15-20)39(35,36)31(4)23-8-6-7-17-9-10-19(30-16-22(17)23)11-12-24(32)37-5/h13-16,19,23H,6-12H2,1-5H3. The molecule has 1 aliphatic carbocycles. The van der Waals surface area contributed by atoms with E-state index in [1.165, 1.54) is 34.9 Å². The van der Waals surface area contributed by atoms with Gasteiger partial charge in [-0.05, 0) is 83.1 Å². The molecule has 39 heavy (non-hydrogen) atoms. The van der Waals surface area contributed by atoms with Crippen molar-refractivity contribution < 1.29 is 39.5 Å². The van der Waals surface area contributed by atoms with Crippen LogP contribution in [0.3, 0.4) is 0 Å². The summed E-state index contributed by atoms with van der Waals surface area (Å²) in [7, 11) is -6.22. The minimum atomic E-state index is -4.96. The van der Waals surface area contributed by atoms with Gasteiger partial charge < -0.3 is 4.74 Å². The van der Waals surface area contributed by atoms with Crippen LogP contribution in [0.4, 0.5) is 13.2 Å². The maximum atomic E-state index is 13.8. The number of ether oxygens (including phenoxy) is 1. The molecule has 0 amide bonds. The highest BCUT2D eigenvalue weighted by molar-refractivity contribution is 7.93. The average Bonchev–Trinajstić information content (AvgIpc) is 3.07. The van der Waals surface area contributed by atoms with E-state index in [-0.39, 0.29) is 18.4 Å². The third-order valence-corrected chi connectivity index (χ3v) is 11.6. The molecule has 0 saturated carbocycles. The predicted octanol–water partition coefficient (Wildman–Crippen LogP) is 4.93. The second-order valence-electron chi connectivity index (χ2n) is 10.9. The zero-order chi connectivity index (χ0) is 29.4. The Morgan fingerprint density at radius 3 is 2.28 bits per heavy atom. The fraction of sp³-hybridized carbons (Fsp3) is 0.615. The topological polar surface area (TPSA) is 110 Å². The Balaban J connectivity index is 2.02. The molecule has 13 heteroatoms. The lowest BCUT2D eigenvalue weighted by Crippen LogP contribution is -2.40. The molecule has 0 radical (unpaired) electrons.